The largest absolute Gasteiger partial charge is 0.514 e. The molecule has 5 heteroatoms. The lowest BCUT2D eigenvalue weighted by molar-refractivity contribution is 0.0928. The van der Waals surface area contributed by atoms with Gasteiger partial charge in [-0.05, 0) is 29.8 Å². The molecule has 0 amide bonds. The van der Waals surface area contributed by atoms with Gasteiger partial charge in [-0.1, -0.05) is 41.9 Å². The summed E-state index contributed by atoms with van der Waals surface area (Å²) < 4.78 is 10.2. The molecule has 0 aliphatic carbocycles. The van der Waals surface area contributed by atoms with Crippen molar-refractivity contribution in [3.8, 4) is 5.75 Å². The second kappa shape index (κ2) is 6.45. The van der Waals surface area contributed by atoms with E-state index in [2.05, 4.69) is 4.98 Å². The molecule has 110 valence electrons. The highest BCUT2D eigenvalue weighted by Gasteiger charge is 2.08. The van der Waals surface area contributed by atoms with Gasteiger partial charge in [0.2, 0.25) is 0 Å². The molecule has 3 rings (SSSR count). The lowest BCUT2D eigenvalue weighted by Crippen LogP contribution is -2.10. The second-order valence-corrected chi connectivity index (χ2v) is 5.00. The Hall–Kier alpha value is -2.59. The molecule has 0 saturated heterocycles. The van der Waals surface area contributed by atoms with Gasteiger partial charge in [0.1, 0.15) is 17.5 Å². The summed E-state index contributed by atoms with van der Waals surface area (Å²) in [6.45, 7) is 0.164. The average molecular weight is 314 g/mol. The lowest BCUT2D eigenvalue weighted by Gasteiger charge is -2.07. The second-order valence-electron chi connectivity index (χ2n) is 4.61. The summed E-state index contributed by atoms with van der Waals surface area (Å²) in [5.41, 5.74) is 1.55. The quantitative estimate of drug-likeness (QED) is 0.402. The minimum atomic E-state index is -0.759. The van der Waals surface area contributed by atoms with E-state index in [1.807, 2.05) is 36.4 Å². The number of pyridine rings is 1. The normalized spacial score (nSPS) is 10.4. The van der Waals surface area contributed by atoms with Crippen molar-refractivity contribution in [2.24, 2.45) is 0 Å². The smallest absolute Gasteiger partial charge is 0.429 e. The van der Waals surface area contributed by atoms with Gasteiger partial charge in [0.15, 0.2) is 0 Å². The standard InChI is InChI=1S/C17H12ClNO3/c18-16-9-7-13-6-8-14(10-15(13)19-16)22-17(20)21-11-12-4-2-1-3-5-12/h1-10H,11H2. The van der Waals surface area contributed by atoms with Gasteiger partial charge in [-0.15, -0.1) is 0 Å². The van der Waals surface area contributed by atoms with Crippen LogP contribution in [0.15, 0.2) is 60.7 Å². The summed E-state index contributed by atoms with van der Waals surface area (Å²) >= 11 is 5.85. The molecule has 22 heavy (non-hydrogen) atoms. The Morgan fingerprint density at radius 1 is 1.05 bits per heavy atom. The van der Waals surface area contributed by atoms with Crippen molar-refractivity contribution >= 4 is 28.7 Å². The van der Waals surface area contributed by atoms with Crippen LogP contribution < -0.4 is 4.74 Å². The highest BCUT2D eigenvalue weighted by Crippen LogP contribution is 2.21. The molecule has 0 spiro atoms. The minimum absolute atomic E-state index is 0.164. The van der Waals surface area contributed by atoms with Crippen molar-refractivity contribution in [1.29, 1.82) is 0 Å². The Balaban J connectivity index is 1.66. The monoisotopic (exact) mass is 313 g/mol. The maximum atomic E-state index is 11.7. The lowest BCUT2D eigenvalue weighted by atomic mass is 10.2. The summed E-state index contributed by atoms with van der Waals surface area (Å²) in [4.78, 5) is 15.9. The number of hydrogen-bond donors (Lipinski definition) is 0. The fourth-order valence-electron chi connectivity index (χ4n) is 1.98. The van der Waals surface area contributed by atoms with Crippen LogP contribution in [0.1, 0.15) is 5.56 Å². The van der Waals surface area contributed by atoms with Crippen LogP contribution in [0.5, 0.6) is 5.75 Å². The van der Waals surface area contributed by atoms with Crippen molar-refractivity contribution in [1.82, 2.24) is 4.98 Å². The topological polar surface area (TPSA) is 48.4 Å². The molecule has 0 aliphatic heterocycles. The first kappa shape index (κ1) is 14.4. The molecule has 4 nitrogen and oxygen atoms in total. The number of benzene rings is 2. The first-order valence-corrected chi connectivity index (χ1v) is 7.03. The Kier molecular flexibility index (Phi) is 4.21. The van der Waals surface area contributed by atoms with Crippen molar-refractivity contribution in [2.75, 3.05) is 0 Å². The van der Waals surface area contributed by atoms with Crippen LogP contribution in [0.2, 0.25) is 5.15 Å². The van der Waals surface area contributed by atoms with Crippen molar-refractivity contribution in [2.45, 2.75) is 6.61 Å². The summed E-state index contributed by atoms with van der Waals surface area (Å²) in [7, 11) is 0. The van der Waals surface area contributed by atoms with E-state index < -0.39 is 6.16 Å². The van der Waals surface area contributed by atoms with E-state index in [0.717, 1.165) is 10.9 Å². The molecule has 2 aromatic carbocycles. The molecule has 0 radical (unpaired) electrons. The van der Waals surface area contributed by atoms with Gasteiger partial charge in [0, 0.05) is 11.5 Å². The number of hydrogen-bond acceptors (Lipinski definition) is 4. The van der Waals surface area contributed by atoms with Crippen molar-refractivity contribution < 1.29 is 14.3 Å². The maximum absolute atomic E-state index is 11.7. The van der Waals surface area contributed by atoms with E-state index in [-0.39, 0.29) is 6.61 Å². The first-order chi connectivity index (χ1) is 10.7. The molecule has 1 heterocycles. The van der Waals surface area contributed by atoms with Crippen molar-refractivity contribution in [3.05, 3.63) is 71.4 Å². The summed E-state index contributed by atoms with van der Waals surface area (Å²) in [5.74, 6) is 0.361. The zero-order chi connectivity index (χ0) is 15.4. The molecule has 0 saturated carbocycles. The zero-order valence-electron chi connectivity index (χ0n) is 11.5. The van der Waals surface area contributed by atoms with Crippen LogP contribution in [0.4, 0.5) is 4.79 Å². The van der Waals surface area contributed by atoms with E-state index in [9.17, 15) is 4.79 Å². The molecule has 0 aliphatic rings. The molecule has 0 unspecified atom stereocenters. The Morgan fingerprint density at radius 3 is 2.64 bits per heavy atom. The number of rotatable bonds is 3. The van der Waals surface area contributed by atoms with Gasteiger partial charge >= 0.3 is 6.16 Å². The number of nitrogens with zero attached hydrogens (tertiary/aromatic N) is 1. The van der Waals surface area contributed by atoms with Crippen molar-refractivity contribution in [3.63, 3.8) is 0 Å². The first-order valence-electron chi connectivity index (χ1n) is 6.65. The van der Waals surface area contributed by atoms with E-state index in [0.29, 0.717) is 16.4 Å². The third kappa shape index (κ3) is 3.54. The average Bonchev–Trinajstić information content (AvgIpc) is 2.53. The Bertz CT molecular complexity index is 805. The predicted octanol–water partition coefficient (Wildman–Crippen LogP) is 4.60. The molecule has 3 aromatic rings. The molecule has 0 atom stereocenters. The predicted molar refractivity (Wildman–Crippen MR) is 84.0 cm³/mol. The van der Waals surface area contributed by atoms with E-state index >= 15 is 0 Å². The third-order valence-electron chi connectivity index (χ3n) is 3.03. The highest BCUT2D eigenvalue weighted by atomic mass is 35.5. The fraction of sp³-hybridized carbons (Fsp3) is 0.0588. The van der Waals surface area contributed by atoms with Gasteiger partial charge in [-0.25, -0.2) is 9.78 Å². The minimum Gasteiger partial charge on any atom is -0.429 e. The summed E-state index contributed by atoms with van der Waals surface area (Å²) in [6.07, 6.45) is -0.759. The van der Waals surface area contributed by atoms with Crippen LogP contribution in [0.3, 0.4) is 0 Å². The zero-order valence-corrected chi connectivity index (χ0v) is 12.3. The molecule has 0 fully saturated rings. The third-order valence-corrected chi connectivity index (χ3v) is 3.24. The highest BCUT2D eigenvalue weighted by molar-refractivity contribution is 6.29. The molecular formula is C17H12ClNO3. The molecular weight excluding hydrogens is 302 g/mol. The summed E-state index contributed by atoms with van der Waals surface area (Å²) in [5, 5.41) is 1.30. The maximum Gasteiger partial charge on any atom is 0.514 e. The fourth-order valence-corrected chi connectivity index (χ4v) is 2.13. The molecule has 1 aromatic heterocycles. The number of aromatic nitrogens is 1. The van der Waals surface area contributed by atoms with E-state index in [1.54, 1.807) is 24.3 Å². The Labute approximate surface area is 132 Å². The van der Waals surface area contributed by atoms with Gasteiger partial charge < -0.3 is 9.47 Å². The van der Waals surface area contributed by atoms with Gasteiger partial charge in [0.05, 0.1) is 5.52 Å². The van der Waals surface area contributed by atoms with Crippen LogP contribution >= 0.6 is 11.6 Å². The number of halogens is 1. The number of fused-ring (bicyclic) bond motifs is 1. The van der Waals surface area contributed by atoms with E-state index in [1.165, 1.54) is 0 Å². The van der Waals surface area contributed by atoms with E-state index in [4.69, 9.17) is 21.1 Å². The number of ether oxygens (including phenoxy) is 2. The number of carbonyl (C=O) groups excluding carboxylic acids is 1. The molecule has 0 bridgehead atoms. The number of carbonyl (C=O) groups is 1. The van der Waals surface area contributed by atoms with Crippen LogP contribution in [-0.2, 0) is 11.3 Å². The van der Waals surface area contributed by atoms with Crippen LogP contribution in [0.25, 0.3) is 10.9 Å². The van der Waals surface area contributed by atoms with Gasteiger partial charge in [-0.2, -0.15) is 0 Å². The van der Waals surface area contributed by atoms with Crippen LogP contribution in [0, 0.1) is 0 Å². The summed E-state index contributed by atoms with van der Waals surface area (Å²) in [6, 6.07) is 18.1. The Morgan fingerprint density at radius 2 is 1.82 bits per heavy atom. The SMILES string of the molecule is O=C(OCc1ccccc1)Oc1ccc2ccc(Cl)nc2c1. The molecule has 0 N–H and O–H groups in total. The van der Waals surface area contributed by atoms with Gasteiger partial charge in [0.25, 0.3) is 0 Å². The van der Waals surface area contributed by atoms with Gasteiger partial charge in [-0.3, -0.25) is 0 Å². The van der Waals surface area contributed by atoms with Crippen LogP contribution in [-0.4, -0.2) is 11.1 Å².